The summed E-state index contributed by atoms with van der Waals surface area (Å²) in [6.07, 6.45) is 7.66. The van der Waals surface area contributed by atoms with Gasteiger partial charge in [0.25, 0.3) is 0 Å². The van der Waals surface area contributed by atoms with Crippen LogP contribution >= 0.6 is 0 Å². The van der Waals surface area contributed by atoms with Crippen LogP contribution in [0.2, 0.25) is 0 Å². The molecule has 2 saturated carbocycles. The first-order chi connectivity index (χ1) is 13.2. The lowest BCUT2D eigenvalue weighted by Crippen LogP contribution is -2.29. The van der Waals surface area contributed by atoms with Crippen molar-refractivity contribution in [2.45, 2.75) is 56.6 Å². The molecule has 1 N–H and O–H groups in total. The van der Waals surface area contributed by atoms with Gasteiger partial charge in [0.15, 0.2) is 11.6 Å². The molecule has 2 fully saturated rings. The molecule has 2 atom stereocenters. The summed E-state index contributed by atoms with van der Waals surface area (Å²) in [5.41, 5.74) is 2.82. The van der Waals surface area contributed by atoms with Gasteiger partial charge in [-0.25, -0.2) is 9.67 Å². The second-order valence-electron chi connectivity index (χ2n) is 7.69. The van der Waals surface area contributed by atoms with Gasteiger partial charge in [-0.15, -0.1) is 5.10 Å². The van der Waals surface area contributed by atoms with Crippen molar-refractivity contribution in [3.8, 4) is 23.0 Å². The van der Waals surface area contributed by atoms with Crippen molar-refractivity contribution < 1.29 is 5.11 Å². The topological polar surface area (TPSA) is 81.7 Å². The largest absolute Gasteiger partial charge is 0.391 e. The zero-order valence-corrected chi connectivity index (χ0v) is 15.5. The molecule has 7 nitrogen and oxygen atoms in total. The Hall–Kier alpha value is -2.54. The van der Waals surface area contributed by atoms with Crippen molar-refractivity contribution in [1.29, 1.82) is 0 Å². The van der Waals surface area contributed by atoms with Crippen LogP contribution in [-0.2, 0) is 7.05 Å². The van der Waals surface area contributed by atoms with E-state index in [-0.39, 0.29) is 6.04 Å². The molecular weight excluding hydrogens is 340 g/mol. The van der Waals surface area contributed by atoms with Crippen molar-refractivity contribution in [3.63, 3.8) is 0 Å². The summed E-state index contributed by atoms with van der Waals surface area (Å²) in [5, 5.41) is 20.1. The van der Waals surface area contributed by atoms with Crippen molar-refractivity contribution in [3.05, 3.63) is 36.2 Å². The molecule has 0 amide bonds. The Balaban J connectivity index is 1.61. The second kappa shape index (κ2) is 6.56. The van der Waals surface area contributed by atoms with Crippen LogP contribution in [0.5, 0.6) is 0 Å². The molecule has 0 unspecified atom stereocenters. The minimum absolute atomic E-state index is 0.0647. The van der Waals surface area contributed by atoms with Crippen LogP contribution in [0.4, 0.5) is 0 Å². The number of pyridine rings is 1. The average molecular weight is 364 g/mol. The Bertz CT molecular complexity index is 943. The lowest BCUT2D eigenvalue weighted by Gasteiger charge is -2.28. The van der Waals surface area contributed by atoms with Crippen LogP contribution in [0.15, 0.2) is 30.5 Å². The third kappa shape index (κ3) is 3.06. The number of hydrogen-bond donors (Lipinski definition) is 1. The van der Waals surface area contributed by atoms with E-state index in [9.17, 15) is 5.11 Å². The third-order valence-electron chi connectivity index (χ3n) is 5.67. The van der Waals surface area contributed by atoms with E-state index < -0.39 is 6.10 Å². The summed E-state index contributed by atoms with van der Waals surface area (Å²) in [5.74, 6) is 1.93. The molecule has 0 radical (unpaired) electrons. The van der Waals surface area contributed by atoms with Gasteiger partial charge in [0.2, 0.25) is 0 Å². The van der Waals surface area contributed by atoms with E-state index >= 15 is 0 Å². The van der Waals surface area contributed by atoms with Gasteiger partial charge in [0.05, 0.1) is 12.1 Å². The lowest BCUT2D eigenvalue weighted by molar-refractivity contribution is 0.0702. The minimum Gasteiger partial charge on any atom is -0.391 e. The van der Waals surface area contributed by atoms with Crippen LogP contribution in [0.1, 0.15) is 56.2 Å². The molecule has 3 heterocycles. The summed E-state index contributed by atoms with van der Waals surface area (Å²) in [7, 11) is 1.99. The number of aryl methyl sites for hydroxylation is 1. The molecule has 7 heteroatoms. The standard InChI is InChI=1S/C20H24N6O/c1-25-17(13-9-10-13)12-15(23-25)20-22-19(14-6-4-5-11-21-14)24-26(20)16-7-2-3-8-18(16)27/h4-6,11-13,16,18,27H,2-3,7-10H2,1H3/t16-,18-/m1/s1. The van der Waals surface area contributed by atoms with Gasteiger partial charge >= 0.3 is 0 Å². The second-order valence-corrected chi connectivity index (χ2v) is 7.69. The Morgan fingerprint density at radius 2 is 1.89 bits per heavy atom. The van der Waals surface area contributed by atoms with E-state index in [4.69, 9.17) is 15.2 Å². The first-order valence-electron chi connectivity index (χ1n) is 9.81. The molecule has 0 aromatic carbocycles. The van der Waals surface area contributed by atoms with Crippen LogP contribution in [-0.4, -0.2) is 40.7 Å². The number of aliphatic hydroxyl groups is 1. The minimum atomic E-state index is -0.401. The average Bonchev–Trinajstić information content (AvgIpc) is 3.32. The highest BCUT2D eigenvalue weighted by Gasteiger charge is 2.32. The van der Waals surface area contributed by atoms with Gasteiger partial charge < -0.3 is 5.11 Å². The van der Waals surface area contributed by atoms with Gasteiger partial charge in [-0.05, 0) is 43.9 Å². The lowest BCUT2D eigenvalue weighted by atomic mass is 9.92. The van der Waals surface area contributed by atoms with E-state index in [2.05, 4.69) is 11.1 Å². The molecule has 0 spiro atoms. The molecule has 2 aliphatic carbocycles. The number of aliphatic hydroxyl groups excluding tert-OH is 1. The van der Waals surface area contributed by atoms with Crippen molar-refractivity contribution in [1.82, 2.24) is 29.5 Å². The van der Waals surface area contributed by atoms with Crippen LogP contribution in [0.3, 0.4) is 0 Å². The molecule has 0 saturated heterocycles. The fraction of sp³-hybridized carbons (Fsp3) is 0.500. The molecule has 5 rings (SSSR count). The molecule has 3 aromatic heterocycles. The van der Waals surface area contributed by atoms with E-state index in [1.165, 1.54) is 18.5 Å². The molecular formula is C20H24N6O. The summed E-state index contributed by atoms with van der Waals surface area (Å²) in [6.45, 7) is 0. The van der Waals surface area contributed by atoms with E-state index in [1.807, 2.05) is 34.6 Å². The van der Waals surface area contributed by atoms with Crippen molar-refractivity contribution >= 4 is 0 Å². The predicted octanol–water partition coefficient (Wildman–Crippen LogP) is 3.09. The third-order valence-corrected chi connectivity index (χ3v) is 5.67. The summed E-state index contributed by atoms with van der Waals surface area (Å²) >= 11 is 0. The zero-order chi connectivity index (χ0) is 18.4. The zero-order valence-electron chi connectivity index (χ0n) is 15.5. The van der Waals surface area contributed by atoms with Crippen LogP contribution in [0, 0.1) is 0 Å². The van der Waals surface area contributed by atoms with E-state index in [0.29, 0.717) is 11.7 Å². The smallest absolute Gasteiger partial charge is 0.200 e. The molecule has 0 aliphatic heterocycles. The Morgan fingerprint density at radius 3 is 2.63 bits per heavy atom. The van der Waals surface area contributed by atoms with E-state index in [1.54, 1.807) is 6.20 Å². The highest BCUT2D eigenvalue weighted by molar-refractivity contribution is 5.57. The maximum atomic E-state index is 10.6. The normalized spacial score (nSPS) is 22.9. The number of aromatic nitrogens is 6. The van der Waals surface area contributed by atoms with Gasteiger partial charge in [0, 0.05) is 24.9 Å². The van der Waals surface area contributed by atoms with Crippen molar-refractivity contribution in [2.75, 3.05) is 0 Å². The molecule has 140 valence electrons. The van der Waals surface area contributed by atoms with Gasteiger partial charge in [-0.3, -0.25) is 9.67 Å². The SMILES string of the molecule is Cn1nc(-c2nc(-c3ccccn3)nn2[C@@H]2CCCC[C@H]2O)cc1C1CC1. The monoisotopic (exact) mass is 364 g/mol. The highest BCUT2D eigenvalue weighted by Crippen LogP contribution is 2.41. The fourth-order valence-electron chi connectivity index (χ4n) is 4.06. The number of hydrogen-bond acceptors (Lipinski definition) is 5. The highest BCUT2D eigenvalue weighted by atomic mass is 16.3. The number of nitrogens with zero attached hydrogens (tertiary/aromatic N) is 6. The van der Waals surface area contributed by atoms with Gasteiger partial charge in [0.1, 0.15) is 11.4 Å². The van der Waals surface area contributed by atoms with E-state index in [0.717, 1.165) is 42.9 Å². The quantitative estimate of drug-likeness (QED) is 0.769. The molecule has 3 aromatic rings. The molecule has 2 aliphatic rings. The fourth-order valence-corrected chi connectivity index (χ4v) is 4.06. The summed E-state index contributed by atoms with van der Waals surface area (Å²) < 4.78 is 3.86. The number of rotatable bonds is 4. The molecule has 27 heavy (non-hydrogen) atoms. The maximum absolute atomic E-state index is 10.6. The van der Waals surface area contributed by atoms with Crippen LogP contribution < -0.4 is 0 Å². The Labute approximate surface area is 158 Å². The van der Waals surface area contributed by atoms with Gasteiger partial charge in [-0.1, -0.05) is 18.9 Å². The summed E-state index contributed by atoms with van der Waals surface area (Å²) in [4.78, 5) is 9.19. The summed E-state index contributed by atoms with van der Waals surface area (Å²) in [6, 6.07) is 7.80. The van der Waals surface area contributed by atoms with Crippen molar-refractivity contribution in [2.24, 2.45) is 7.05 Å². The Kier molecular flexibility index (Phi) is 4.04. The maximum Gasteiger partial charge on any atom is 0.200 e. The first kappa shape index (κ1) is 16.6. The predicted molar refractivity (Wildman–Crippen MR) is 101 cm³/mol. The Morgan fingerprint density at radius 1 is 1.04 bits per heavy atom. The first-order valence-corrected chi connectivity index (χ1v) is 9.81. The molecule has 0 bridgehead atoms. The van der Waals surface area contributed by atoms with Crippen LogP contribution in [0.25, 0.3) is 23.0 Å². The van der Waals surface area contributed by atoms with Gasteiger partial charge in [-0.2, -0.15) is 5.10 Å².